The van der Waals surface area contributed by atoms with Gasteiger partial charge in [0, 0.05) is 0 Å². The first-order chi connectivity index (χ1) is 4.85. The molecule has 0 heterocycles. The van der Waals surface area contributed by atoms with E-state index in [0.717, 1.165) is 38.1 Å². The van der Waals surface area contributed by atoms with Crippen molar-refractivity contribution in [3.05, 3.63) is 0 Å². The Morgan fingerprint density at radius 3 is 1.20 bits per heavy atom. The summed E-state index contributed by atoms with van der Waals surface area (Å²) < 4.78 is 0. The summed E-state index contributed by atoms with van der Waals surface area (Å²) in [5, 5.41) is 0. The van der Waals surface area contributed by atoms with Gasteiger partial charge in [-0.3, -0.25) is 0 Å². The van der Waals surface area contributed by atoms with Crippen molar-refractivity contribution in [2.75, 3.05) is 38.1 Å². The Kier molecular flexibility index (Phi) is 7.65. The fraction of sp³-hybridized carbons (Fsp3) is 1.00. The Morgan fingerprint density at radius 1 is 0.700 bits per heavy atom. The molecule has 62 valence electrons. The third kappa shape index (κ3) is 5.12. The van der Waals surface area contributed by atoms with Crippen molar-refractivity contribution in [1.29, 1.82) is 0 Å². The molecule has 0 aromatic carbocycles. The monoisotopic (exact) mass is 163 g/mol. The smallest absolute Gasteiger partial charge is 0.00378 e. The minimum absolute atomic E-state index is 0.0640. The lowest BCUT2D eigenvalue weighted by Crippen LogP contribution is -2.15. The van der Waals surface area contributed by atoms with E-state index in [4.69, 9.17) is 17.2 Å². The minimum atomic E-state index is 0.0640. The van der Waals surface area contributed by atoms with Crippen LogP contribution in [0.15, 0.2) is 0 Å². The highest BCUT2D eigenvalue weighted by molar-refractivity contribution is 7.57. The van der Waals surface area contributed by atoms with E-state index in [1.165, 1.54) is 0 Å². The van der Waals surface area contributed by atoms with Crippen molar-refractivity contribution >= 4 is 7.92 Å². The Morgan fingerprint density at radius 2 is 1.00 bits per heavy atom. The third-order valence-corrected chi connectivity index (χ3v) is 4.01. The molecule has 0 aromatic rings. The van der Waals surface area contributed by atoms with Crippen molar-refractivity contribution < 1.29 is 0 Å². The van der Waals surface area contributed by atoms with Crippen molar-refractivity contribution in [3.63, 3.8) is 0 Å². The maximum Gasteiger partial charge on any atom is -0.00378 e. The van der Waals surface area contributed by atoms with Gasteiger partial charge in [0.2, 0.25) is 0 Å². The maximum absolute atomic E-state index is 5.42. The van der Waals surface area contributed by atoms with Crippen LogP contribution in [0.5, 0.6) is 0 Å². The van der Waals surface area contributed by atoms with Gasteiger partial charge in [-0.2, -0.15) is 0 Å². The van der Waals surface area contributed by atoms with Gasteiger partial charge >= 0.3 is 0 Å². The van der Waals surface area contributed by atoms with Gasteiger partial charge in [0.1, 0.15) is 0 Å². The molecule has 0 unspecified atom stereocenters. The highest BCUT2D eigenvalue weighted by Crippen LogP contribution is 2.32. The van der Waals surface area contributed by atoms with Crippen LogP contribution in [0.2, 0.25) is 0 Å². The van der Waals surface area contributed by atoms with Crippen LogP contribution >= 0.6 is 7.92 Å². The Bertz CT molecular complexity index is 55.7. The molecular formula is C6H18N3P. The molecule has 0 fully saturated rings. The molecule has 0 aromatic heterocycles. The van der Waals surface area contributed by atoms with E-state index in [1.54, 1.807) is 0 Å². The van der Waals surface area contributed by atoms with E-state index in [2.05, 4.69) is 0 Å². The molecule has 0 aliphatic rings. The summed E-state index contributed by atoms with van der Waals surface area (Å²) in [6.45, 7) is 2.35. The second kappa shape index (κ2) is 7.42. The fourth-order valence-electron chi connectivity index (χ4n) is 0.883. The molecule has 10 heavy (non-hydrogen) atoms. The van der Waals surface area contributed by atoms with Gasteiger partial charge in [-0.15, -0.1) is 7.92 Å². The second-order valence-electron chi connectivity index (χ2n) is 2.21. The normalized spacial score (nSPS) is 10.8. The highest BCUT2D eigenvalue weighted by atomic mass is 31.1. The predicted molar refractivity (Wildman–Crippen MR) is 48.7 cm³/mol. The van der Waals surface area contributed by atoms with Crippen LogP contribution in [0.1, 0.15) is 0 Å². The van der Waals surface area contributed by atoms with Crippen LogP contribution in [0.4, 0.5) is 0 Å². The van der Waals surface area contributed by atoms with E-state index in [0.29, 0.717) is 0 Å². The van der Waals surface area contributed by atoms with E-state index >= 15 is 0 Å². The van der Waals surface area contributed by atoms with Crippen LogP contribution in [0, 0.1) is 0 Å². The average Bonchev–Trinajstić information content (AvgIpc) is 1.90. The van der Waals surface area contributed by atoms with Gasteiger partial charge in [-0.05, 0) is 38.1 Å². The lowest BCUT2D eigenvalue weighted by atomic mass is 10.8. The summed E-state index contributed by atoms with van der Waals surface area (Å²) >= 11 is 0. The molecular weight excluding hydrogens is 145 g/mol. The van der Waals surface area contributed by atoms with E-state index < -0.39 is 0 Å². The SMILES string of the molecule is NCCP(CCN)CCN. The lowest BCUT2D eigenvalue weighted by Gasteiger charge is -2.13. The molecule has 6 N–H and O–H groups in total. The van der Waals surface area contributed by atoms with Crippen LogP contribution < -0.4 is 17.2 Å². The van der Waals surface area contributed by atoms with Gasteiger partial charge in [0.05, 0.1) is 0 Å². The molecule has 0 radical (unpaired) electrons. The molecule has 0 spiro atoms. The van der Waals surface area contributed by atoms with E-state index in [-0.39, 0.29) is 7.92 Å². The number of hydrogen-bond donors (Lipinski definition) is 3. The van der Waals surface area contributed by atoms with Gasteiger partial charge < -0.3 is 17.2 Å². The van der Waals surface area contributed by atoms with E-state index in [9.17, 15) is 0 Å². The Labute approximate surface area is 64.1 Å². The maximum atomic E-state index is 5.42. The van der Waals surface area contributed by atoms with Gasteiger partial charge in [-0.25, -0.2) is 0 Å². The first-order valence-electron chi connectivity index (χ1n) is 3.67. The molecule has 0 bridgehead atoms. The first-order valence-corrected chi connectivity index (χ1v) is 5.57. The van der Waals surface area contributed by atoms with Crippen molar-refractivity contribution in [1.82, 2.24) is 0 Å². The van der Waals surface area contributed by atoms with Crippen molar-refractivity contribution in [2.45, 2.75) is 0 Å². The van der Waals surface area contributed by atoms with Gasteiger partial charge in [0.25, 0.3) is 0 Å². The van der Waals surface area contributed by atoms with E-state index in [1.807, 2.05) is 0 Å². The summed E-state index contributed by atoms with van der Waals surface area (Å²) in [7, 11) is 0.0640. The fourth-order valence-corrected chi connectivity index (χ4v) is 2.65. The second-order valence-corrected chi connectivity index (χ2v) is 4.89. The van der Waals surface area contributed by atoms with Crippen LogP contribution in [-0.4, -0.2) is 38.1 Å². The summed E-state index contributed by atoms with van der Waals surface area (Å²) in [6, 6.07) is 0. The molecule has 0 aliphatic heterocycles. The van der Waals surface area contributed by atoms with Crippen molar-refractivity contribution in [2.24, 2.45) is 17.2 Å². The summed E-state index contributed by atoms with van der Waals surface area (Å²) in [5.74, 6) is 0. The molecule has 3 nitrogen and oxygen atoms in total. The highest BCUT2D eigenvalue weighted by Gasteiger charge is 2.02. The first kappa shape index (κ1) is 10.3. The van der Waals surface area contributed by atoms with Crippen LogP contribution in [0.3, 0.4) is 0 Å². The molecule has 0 saturated heterocycles. The zero-order valence-electron chi connectivity index (χ0n) is 6.42. The molecule has 0 rings (SSSR count). The summed E-state index contributed by atoms with van der Waals surface area (Å²) in [6.07, 6.45) is 3.39. The van der Waals surface area contributed by atoms with Crippen LogP contribution in [0.25, 0.3) is 0 Å². The molecule has 0 atom stereocenters. The number of rotatable bonds is 6. The zero-order chi connectivity index (χ0) is 7.82. The molecule has 4 heteroatoms. The molecule has 0 aliphatic carbocycles. The zero-order valence-corrected chi connectivity index (χ0v) is 7.32. The lowest BCUT2D eigenvalue weighted by molar-refractivity contribution is 1.07. The van der Waals surface area contributed by atoms with Crippen molar-refractivity contribution in [3.8, 4) is 0 Å². The van der Waals surface area contributed by atoms with Gasteiger partial charge in [-0.1, -0.05) is 0 Å². The van der Waals surface area contributed by atoms with Gasteiger partial charge in [0.15, 0.2) is 0 Å². The van der Waals surface area contributed by atoms with Crippen LogP contribution in [-0.2, 0) is 0 Å². The standard InChI is InChI=1S/C6H18N3P/c7-1-4-10(5-2-8)6-3-9/h1-9H2. The minimum Gasteiger partial charge on any atom is -0.330 e. The topological polar surface area (TPSA) is 78.1 Å². The average molecular weight is 163 g/mol. The third-order valence-electron chi connectivity index (χ3n) is 1.34. The number of nitrogens with two attached hydrogens (primary N) is 3. The largest absolute Gasteiger partial charge is 0.330 e. The molecule has 0 amide bonds. The Hall–Kier alpha value is 0.310. The molecule has 0 saturated carbocycles. The predicted octanol–water partition coefficient (Wildman–Crippen LogP) is -0.656. The number of hydrogen-bond acceptors (Lipinski definition) is 3. The quantitative estimate of drug-likeness (QED) is 0.455. The summed E-state index contributed by atoms with van der Waals surface area (Å²) in [4.78, 5) is 0. The Balaban J connectivity index is 3.30. The summed E-state index contributed by atoms with van der Waals surface area (Å²) in [5.41, 5.74) is 16.3.